The molecule has 5 nitrogen and oxygen atoms in total. The van der Waals surface area contributed by atoms with E-state index in [4.69, 9.17) is 0 Å². The van der Waals surface area contributed by atoms with Gasteiger partial charge in [-0.15, -0.1) is 0 Å². The highest BCUT2D eigenvalue weighted by Crippen LogP contribution is 2.26. The number of amides is 1. The van der Waals surface area contributed by atoms with E-state index in [0.29, 0.717) is 28.4 Å². The van der Waals surface area contributed by atoms with Gasteiger partial charge in [-0.3, -0.25) is 14.5 Å². The Bertz CT molecular complexity index is 733. The van der Waals surface area contributed by atoms with Gasteiger partial charge in [0.1, 0.15) is 18.2 Å². The molecule has 0 spiro atoms. The first kappa shape index (κ1) is 12.5. The average Bonchev–Trinajstić information content (AvgIpc) is 2.60. The molecule has 2 aromatic rings. The Hall–Kier alpha value is -2.50. The van der Waals surface area contributed by atoms with Gasteiger partial charge in [0, 0.05) is 12.6 Å². The normalized spacial score (nSPS) is 14.3. The number of hydrogen-bond donors (Lipinski definition) is 1. The molecule has 0 fully saturated rings. The van der Waals surface area contributed by atoms with Crippen LogP contribution in [0.25, 0.3) is 0 Å². The number of aromatic nitrogens is 2. The Morgan fingerprint density at radius 2 is 2.10 bits per heavy atom. The Morgan fingerprint density at radius 3 is 2.85 bits per heavy atom. The van der Waals surface area contributed by atoms with Crippen LogP contribution in [0, 0.1) is 12.7 Å². The first-order valence-corrected chi connectivity index (χ1v) is 6.21. The maximum absolute atomic E-state index is 14.0. The van der Waals surface area contributed by atoms with E-state index in [2.05, 4.69) is 15.4 Å². The molecule has 0 saturated heterocycles. The van der Waals surface area contributed by atoms with Crippen molar-refractivity contribution in [2.24, 2.45) is 12.0 Å². The number of benzene rings is 1. The van der Waals surface area contributed by atoms with Gasteiger partial charge in [0.25, 0.3) is 0 Å². The van der Waals surface area contributed by atoms with Gasteiger partial charge in [-0.1, -0.05) is 12.1 Å². The molecule has 0 aliphatic carbocycles. The number of anilines is 1. The number of nitrogens with zero attached hydrogens (tertiary/aromatic N) is 3. The molecule has 1 aromatic heterocycles. The van der Waals surface area contributed by atoms with Crippen molar-refractivity contribution in [2.45, 2.75) is 6.92 Å². The van der Waals surface area contributed by atoms with Crippen molar-refractivity contribution in [3.8, 4) is 0 Å². The van der Waals surface area contributed by atoms with Gasteiger partial charge in [0.05, 0.1) is 17.0 Å². The molecule has 0 radical (unpaired) electrons. The number of aryl methyl sites for hydroxylation is 2. The third-order valence-electron chi connectivity index (χ3n) is 3.23. The van der Waals surface area contributed by atoms with Crippen LogP contribution >= 0.6 is 0 Å². The van der Waals surface area contributed by atoms with Gasteiger partial charge in [-0.25, -0.2) is 4.39 Å². The first-order valence-electron chi connectivity index (χ1n) is 6.21. The van der Waals surface area contributed by atoms with Crippen LogP contribution in [0.5, 0.6) is 0 Å². The van der Waals surface area contributed by atoms with E-state index >= 15 is 0 Å². The van der Waals surface area contributed by atoms with Gasteiger partial charge in [0.2, 0.25) is 5.91 Å². The predicted octanol–water partition coefficient (Wildman–Crippen LogP) is 1.66. The van der Waals surface area contributed by atoms with Crippen molar-refractivity contribution >= 4 is 17.4 Å². The maximum Gasteiger partial charge on any atom is 0.247 e. The third kappa shape index (κ3) is 1.89. The van der Waals surface area contributed by atoms with Crippen LogP contribution in [-0.4, -0.2) is 27.9 Å². The fourth-order valence-corrected chi connectivity index (χ4v) is 2.36. The molecule has 3 rings (SSSR count). The van der Waals surface area contributed by atoms with Crippen LogP contribution in [0.4, 0.5) is 10.2 Å². The molecular weight excluding hydrogens is 259 g/mol. The predicted molar refractivity (Wildman–Crippen MR) is 73.5 cm³/mol. The van der Waals surface area contributed by atoms with Crippen LogP contribution in [0.3, 0.4) is 0 Å². The lowest BCUT2D eigenvalue weighted by Crippen LogP contribution is -2.16. The van der Waals surface area contributed by atoms with Crippen LogP contribution in [0.15, 0.2) is 29.3 Å². The Morgan fingerprint density at radius 1 is 1.35 bits per heavy atom. The van der Waals surface area contributed by atoms with E-state index in [1.54, 1.807) is 29.9 Å². The molecule has 102 valence electrons. The molecule has 1 aromatic carbocycles. The van der Waals surface area contributed by atoms with E-state index in [9.17, 15) is 9.18 Å². The number of fused-ring (bicyclic) bond motifs is 1. The molecule has 0 atom stereocenters. The molecular formula is C14H13FN4O. The molecule has 1 aliphatic heterocycles. The molecule has 6 heteroatoms. The molecule has 1 amide bonds. The molecule has 0 bridgehead atoms. The Balaban J connectivity index is 2.27. The highest BCUT2D eigenvalue weighted by Gasteiger charge is 2.25. The molecule has 0 saturated carbocycles. The quantitative estimate of drug-likeness (QED) is 0.858. The van der Waals surface area contributed by atoms with E-state index in [-0.39, 0.29) is 18.3 Å². The van der Waals surface area contributed by atoms with Crippen molar-refractivity contribution < 1.29 is 9.18 Å². The average molecular weight is 272 g/mol. The molecule has 0 unspecified atom stereocenters. The van der Waals surface area contributed by atoms with Gasteiger partial charge in [-0.2, -0.15) is 5.10 Å². The number of nitrogens with one attached hydrogen (secondary N) is 1. The number of halogens is 1. The highest BCUT2D eigenvalue weighted by atomic mass is 19.1. The summed E-state index contributed by atoms with van der Waals surface area (Å²) in [6, 6.07) is 6.40. The lowest BCUT2D eigenvalue weighted by molar-refractivity contribution is -0.114. The standard InChI is InChI=1S/C14H13FN4O/c1-8-12-13(9-5-3-4-6-10(9)15)16-7-11(20)17-14(12)19(2)18-8/h3-6H,7H2,1-2H3,(H,17,20). The maximum atomic E-state index is 14.0. The number of aliphatic imine (C=N–C) groups is 1. The molecule has 1 aliphatic rings. The minimum absolute atomic E-state index is 0.0300. The second-order valence-corrected chi connectivity index (χ2v) is 4.63. The zero-order valence-electron chi connectivity index (χ0n) is 11.1. The number of carbonyl (C=O) groups is 1. The summed E-state index contributed by atoms with van der Waals surface area (Å²) in [5.41, 5.74) is 2.21. The molecule has 1 N–H and O–H groups in total. The summed E-state index contributed by atoms with van der Waals surface area (Å²) in [5, 5.41) is 7.03. The summed E-state index contributed by atoms with van der Waals surface area (Å²) in [4.78, 5) is 16.0. The number of hydrogen-bond acceptors (Lipinski definition) is 3. The van der Waals surface area contributed by atoms with Gasteiger partial charge < -0.3 is 5.32 Å². The van der Waals surface area contributed by atoms with Crippen molar-refractivity contribution in [2.75, 3.05) is 11.9 Å². The Labute approximate surface area is 115 Å². The number of rotatable bonds is 1. The second kappa shape index (κ2) is 4.56. The monoisotopic (exact) mass is 272 g/mol. The topological polar surface area (TPSA) is 59.3 Å². The fourth-order valence-electron chi connectivity index (χ4n) is 2.36. The third-order valence-corrected chi connectivity index (χ3v) is 3.23. The summed E-state index contributed by atoms with van der Waals surface area (Å²) < 4.78 is 15.6. The lowest BCUT2D eigenvalue weighted by Gasteiger charge is -2.07. The zero-order chi connectivity index (χ0) is 14.3. The largest absolute Gasteiger partial charge is 0.309 e. The minimum atomic E-state index is -0.366. The lowest BCUT2D eigenvalue weighted by atomic mass is 10.0. The highest BCUT2D eigenvalue weighted by molar-refractivity contribution is 6.19. The fraction of sp³-hybridized carbons (Fsp3) is 0.214. The first-order chi connectivity index (χ1) is 9.58. The van der Waals surface area contributed by atoms with Crippen LogP contribution in [-0.2, 0) is 11.8 Å². The van der Waals surface area contributed by atoms with Crippen LogP contribution in [0.2, 0.25) is 0 Å². The van der Waals surface area contributed by atoms with Gasteiger partial charge in [-0.05, 0) is 19.1 Å². The van der Waals surface area contributed by atoms with E-state index in [1.807, 2.05) is 6.92 Å². The Kier molecular flexibility index (Phi) is 2.85. The van der Waals surface area contributed by atoms with Crippen molar-refractivity contribution in [1.82, 2.24) is 9.78 Å². The summed E-state index contributed by atoms with van der Waals surface area (Å²) in [5.74, 6) is -0.0533. The van der Waals surface area contributed by atoms with Crippen LogP contribution in [0.1, 0.15) is 16.8 Å². The van der Waals surface area contributed by atoms with Gasteiger partial charge in [0.15, 0.2) is 0 Å². The summed E-state index contributed by atoms with van der Waals surface area (Å²) in [6.45, 7) is 1.78. The SMILES string of the molecule is Cc1nn(C)c2c1C(c1ccccc1F)=NCC(=O)N2. The zero-order valence-corrected chi connectivity index (χ0v) is 11.1. The second-order valence-electron chi connectivity index (χ2n) is 4.63. The van der Waals surface area contributed by atoms with Gasteiger partial charge >= 0.3 is 0 Å². The molecule has 2 heterocycles. The van der Waals surface area contributed by atoms with E-state index < -0.39 is 0 Å². The smallest absolute Gasteiger partial charge is 0.247 e. The van der Waals surface area contributed by atoms with Crippen molar-refractivity contribution in [3.05, 3.63) is 46.9 Å². The molecule has 20 heavy (non-hydrogen) atoms. The number of carbonyl (C=O) groups excluding carboxylic acids is 1. The van der Waals surface area contributed by atoms with Crippen molar-refractivity contribution in [3.63, 3.8) is 0 Å². The van der Waals surface area contributed by atoms with E-state index in [1.165, 1.54) is 6.07 Å². The summed E-state index contributed by atoms with van der Waals surface area (Å²) in [7, 11) is 1.73. The van der Waals surface area contributed by atoms with Crippen molar-refractivity contribution in [1.29, 1.82) is 0 Å². The van der Waals surface area contributed by atoms with E-state index in [0.717, 1.165) is 0 Å². The minimum Gasteiger partial charge on any atom is -0.309 e. The van der Waals surface area contributed by atoms with Crippen LogP contribution < -0.4 is 5.32 Å². The summed E-state index contributed by atoms with van der Waals surface area (Å²) in [6.07, 6.45) is 0. The summed E-state index contributed by atoms with van der Waals surface area (Å²) >= 11 is 0.